The highest BCUT2D eigenvalue weighted by molar-refractivity contribution is 5.98. The standard InChI is InChI=1S/C24H28O2/c1-5-26-23(25)7-6-12-24(3,4)22-11-10-19-14-20-13-17(2)8-9-18(20)15-21(19)16-22/h8-11,13-16H,5-7,12H2,1-4H3. The fourth-order valence-corrected chi connectivity index (χ4v) is 3.59. The Morgan fingerprint density at radius 2 is 1.58 bits per heavy atom. The van der Waals surface area contributed by atoms with Crippen molar-refractivity contribution in [1.29, 1.82) is 0 Å². The Hall–Kier alpha value is -2.35. The fraction of sp³-hybridized carbons (Fsp3) is 0.375. The Kier molecular flexibility index (Phi) is 5.31. The molecule has 0 aliphatic heterocycles. The van der Waals surface area contributed by atoms with E-state index in [-0.39, 0.29) is 11.4 Å². The molecule has 2 nitrogen and oxygen atoms in total. The second-order valence-electron chi connectivity index (χ2n) is 7.81. The van der Waals surface area contributed by atoms with Crippen molar-refractivity contribution in [3.63, 3.8) is 0 Å². The molecular weight excluding hydrogens is 320 g/mol. The van der Waals surface area contributed by atoms with Crippen molar-refractivity contribution in [3.05, 3.63) is 59.7 Å². The molecule has 0 N–H and O–H groups in total. The number of hydrogen-bond acceptors (Lipinski definition) is 2. The van der Waals surface area contributed by atoms with E-state index in [1.165, 1.54) is 32.7 Å². The van der Waals surface area contributed by atoms with Crippen molar-refractivity contribution in [2.24, 2.45) is 0 Å². The molecule has 0 unspecified atom stereocenters. The minimum atomic E-state index is -0.0939. The maximum absolute atomic E-state index is 11.6. The third-order valence-electron chi connectivity index (χ3n) is 5.22. The summed E-state index contributed by atoms with van der Waals surface area (Å²) in [7, 11) is 0. The van der Waals surface area contributed by atoms with Gasteiger partial charge in [0.1, 0.15) is 0 Å². The molecule has 0 amide bonds. The Bertz CT molecular complexity index is 937. The molecule has 136 valence electrons. The summed E-state index contributed by atoms with van der Waals surface area (Å²) in [5, 5.41) is 5.12. The van der Waals surface area contributed by atoms with E-state index in [4.69, 9.17) is 4.74 Å². The summed E-state index contributed by atoms with van der Waals surface area (Å²) in [6.07, 6.45) is 2.31. The van der Waals surface area contributed by atoms with Crippen molar-refractivity contribution in [1.82, 2.24) is 0 Å². The van der Waals surface area contributed by atoms with Gasteiger partial charge in [-0.15, -0.1) is 0 Å². The van der Waals surface area contributed by atoms with E-state index in [9.17, 15) is 4.79 Å². The van der Waals surface area contributed by atoms with Crippen LogP contribution in [0.5, 0.6) is 0 Å². The van der Waals surface area contributed by atoms with Crippen molar-refractivity contribution in [3.8, 4) is 0 Å². The molecule has 0 bridgehead atoms. The molecule has 0 heterocycles. The summed E-state index contributed by atoms with van der Waals surface area (Å²) in [6.45, 7) is 8.95. The average molecular weight is 348 g/mol. The highest BCUT2D eigenvalue weighted by Gasteiger charge is 2.21. The molecule has 0 radical (unpaired) electrons. The minimum absolute atomic E-state index is 0.0307. The lowest BCUT2D eigenvalue weighted by Gasteiger charge is -2.25. The summed E-state index contributed by atoms with van der Waals surface area (Å²) in [5.41, 5.74) is 2.64. The Morgan fingerprint density at radius 1 is 0.923 bits per heavy atom. The first-order valence-corrected chi connectivity index (χ1v) is 9.49. The lowest BCUT2D eigenvalue weighted by Crippen LogP contribution is -2.17. The summed E-state index contributed by atoms with van der Waals surface area (Å²) in [4.78, 5) is 11.6. The second kappa shape index (κ2) is 7.49. The Labute approximate surface area is 156 Å². The predicted octanol–water partition coefficient (Wildman–Crippen LogP) is 6.31. The first-order chi connectivity index (χ1) is 12.4. The first kappa shape index (κ1) is 18.4. The van der Waals surface area contributed by atoms with Crippen molar-refractivity contribution in [2.75, 3.05) is 6.61 Å². The number of fused-ring (bicyclic) bond motifs is 2. The number of ether oxygens (including phenoxy) is 1. The maximum Gasteiger partial charge on any atom is 0.305 e. The van der Waals surface area contributed by atoms with Gasteiger partial charge >= 0.3 is 5.97 Å². The summed E-state index contributed by atoms with van der Waals surface area (Å²) in [5.74, 6) is -0.0939. The van der Waals surface area contributed by atoms with Gasteiger partial charge < -0.3 is 4.74 Å². The summed E-state index contributed by atoms with van der Waals surface area (Å²) in [6, 6.07) is 17.9. The van der Waals surface area contributed by atoms with Crippen LogP contribution in [0.25, 0.3) is 21.5 Å². The quantitative estimate of drug-likeness (QED) is 0.385. The largest absolute Gasteiger partial charge is 0.466 e. The lowest BCUT2D eigenvalue weighted by atomic mass is 9.79. The number of aryl methyl sites for hydroxylation is 1. The molecule has 2 heteroatoms. The van der Waals surface area contributed by atoms with E-state index >= 15 is 0 Å². The van der Waals surface area contributed by atoms with E-state index in [1.807, 2.05) is 6.92 Å². The fourth-order valence-electron chi connectivity index (χ4n) is 3.59. The number of benzene rings is 3. The molecule has 0 spiro atoms. The van der Waals surface area contributed by atoms with Crippen LogP contribution in [-0.4, -0.2) is 12.6 Å². The van der Waals surface area contributed by atoms with Gasteiger partial charge in [-0.25, -0.2) is 0 Å². The topological polar surface area (TPSA) is 26.3 Å². The molecule has 0 atom stereocenters. The molecule has 3 aromatic rings. The van der Waals surface area contributed by atoms with Crippen molar-refractivity contribution >= 4 is 27.5 Å². The van der Waals surface area contributed by atoms with Gasteiger partial charge in [0.25, 0.3) is 0 Å². The van der Waals surface area contributed by atoms with Gasteiger partial charge in [0.2, 0.25) is 0 Å². The van der Waals surface area contributed by atoms with E-state index < -0.39 is 0 Å². The molecule has 26 heavy (non-hydrogen) atoms. The number of carbonyl (C=O) groups excluding carboxylic acids is 1. The van der Waals surface area contributed by atoms with Gasteiger partial charge in [0, 0.05) is 6.42 Å². The van der Waals surface area contributed by atoms with Crippen LogP contribution in [0, 0.1) is 6.92 Å². The zero-order chi connectivity index (χ0) is 18.7. The van der Waals surface area contributed by atoms with Crippen molar-refractivity contribution < 1.29 is 9.53 Å². The summed E-state index contributed by atoms with van der Waals surface area (Å²) < 4.78 is 5.03. The van der Waals surface area contributed by atoms with Crippen LogP contribution in [0.1, 0.15) is 51.2 Å². The molecule has 0 saturated carbocycles. The Morgan fingerprint density at radius 3 is 2.27 bits per heavy atom. The molecule has 0 aromatic heterocycles. The van der Waals surface area contributed by atoms with Gasteiger partial charge in [-0.05, 0) is 71.3 Å². The van der Waals surface area contributed by atoms with Gasteiger partial charge in [0.15, 0.2) is 0 Å². The average Bonchev–Trinajstić information content (AvgIpc) is 2.59. The maximum atomic E-state index is 11.6. The van der Waals surface area contributed by atoms with Crippen LogP contribution >= 0.6 is 0 Å². The number of carbonyl (C=O) groups is 1. The van der Waals surface area contributed by atoms with E-state index in [0.29, 0.717) is 13.0 Å². The van der Waals surface area contributed by atoms with Crippen LogP contribution in [-0.2, 0) is 14.9 Å². The summed E-state index contributed by atoms with van der Waals surface area (Å²) >= 11 is 0. The SMILES string of the molecule is CCOC(=O)CCCC(C)(C)c1ccc2cc3cc(C)ccc3cc2c1. The minimum Gasteiger partial charge on any atom is -0.466 e. The first-order valence-electron chi connectivity index (χ1n) is 9.49. The third-order valence-corrected chi connectivity index (χ3v) is 5.22. The zero-order valence-electron chi connectivity index (χ0n) is 16.3. The third kappa shape index (κ3) is 4.07. The molecular formula is C24H28O2. The zero-order valence-corrected chi connectivity index (χ0v) is 16.3. The van der Waals surface area contributed by atoms with E-state index in [2.05, 4.69) is 69.3 Å². The van der Waals surface area contributed by atoms with Gasteiger partial charge in [-0.1, -0.05) is 55.8 Å². The van der Waals surface area contributed by atoms with Crippen LogP contribution in [0.3, 0.4) is 0 Å². The predicted molar refractivity (Wildman–Crippen MR) is 110 cm³/mol. The van der Waals surface area contributed by atoms with Crippen LogP contribution in [0.4, 0.5) is 0 Å². The molecule has 0 aliphatic rings. The molecule has 0 aliphatic carbocycles. The molecule has 0 fully saturated rings. The van der Waals surface area contributed by atoms with Crippen molar-refractivity contribution in [2.45, 2.75) is 52.4 Å². The molecule has 3 rings (SSSR count). The highest BCUT2D eigenvalue weighted by atomic mass is 16.5. The normalized spacial score (nSPS) is 11.8. The van der Waals surface area contributed by atoms with E-state index in [1.54, 1.807) is 0 Å². The van der Waals surface area contributed by atoms with Gasteiger partial charge in [0.05, 0.1) is 6.61 Å². The molecule has 0 saturated heterocycles. The second-order valence-corrected chi connectivity index (χ2v) is 7.81. The van der Waals surface area contributed by atoms with Gasteiger partial charge in [-0.2, -0.15) is 0 Å². The molecule has 3 aromatic carbocycles. The smallest absolute Gasteiger partial charge is 0.305 e. The number of esters is 1. The Balaban J connectivity index is 1.83. The monoisotopic (exact) mass is 348 g/mol. The van der Waals surface area contributed by atoms with Crippen LogP contribution in [0.2, 0.25) is 0 Å². The van der Waals surface area contributed by atoms with Crippen LogP contribution in [0.15, 0.2) is 48.5 Å². The number of hydrogen-bond donors (Lipinski definition) is 0. The van der Waals surface area contributed by atoms with E-state index in [0.717, 1.165) is 12.8 Å². The van der Waals surface area contributed by atoms with Gasteiger partial charge in [-0.3, -0.25) is 4.79 Å². The highest BCUT2D eigenvalue weighted by Crippen LogP contribution is 2.32. The lowest BCUT2D eigenvalue weighted by molar-refractivity contribution is -0.143. The number of rotatable bonds is 6. The van der Waals surface area contributed by atoms with Crippen LogP contribution < -0.4 is 0 Å².